The average Bonchev–Trinajstić information content (AvgIpc) is 2.66. The van der Waals surface area contributed by atoms with Crippen molar-refractivity contribution < 1.29 is 9.59 Å². The molecule has 0 aliphatic carbocycles. The molecule has 0 atom stereocenters. The third kappa shape index (κ3) is 3.53. The molecule has 1 fully saturated rings. The van der Waals surface area contributed by atoms with Crippen molar-refractivity contribution in [3.63, 3.8) is 0 Å². The molecule has 21 heavy (non-hydrogen) atoms. The Labute approximate surface area is 124 Å². The smallest absolute Gasteiger partial charge is 0.244 e. The van der Waals surface area contributed by atoms with Gasteiger partial charge in [-0.1, -0.05) is 0 Å². The fourth-order valence-corrected chi connectivity index (χ4v) is 2.65. The molecule has 0 saturated carbocycles. The Balaban J connectivity index is 1.90. The third-order valence-corrected chi connectivity index (χ3v) is 3.98. The van der Waals surface area contributed by atoms with Crippen molar-refractivity contribution in [2.24, 2.45) is 0 Å². The van der Waals surface area contributed by atoms with Crippen LogP contribution in [0.1, 0.15) is 31.2 Å². The van der Waals surface area contributed by atoms with E-state index in [1.165, 1.54) is 6.92 Å². The van der Waals surface area contributed by atoms with E-state index in [-0.39, 0.29) is 24.4 Å². The van der Waals surface area contributed by atoms with Crippen LogP contribution in [-0.4, -0.2) is 45.6 Å². The molecule has 1 aliphatic heterocycles. The van der Waals surface area contributed by atoms with Crippen LogP contribution >= 0.6 is 0 Å². The summed E-state index contributed by atoms with van der Waals surface area (Å²) in [4.78, 5) is 25.2. The van der Waals surface area contributed by atoms with Crippen LogP contribution in [0.15, 0.2) is 0 Å². The Morgan fingerprint density at radius 2 is 1.95 bits per heavy atom. The number of aryl methyl sites for hydroxylation is 1. The van der Waals surface area contributed by atoms with E-state index in [2.05, 4.69) is 10.4 Å². The number of carbonyl (C=O) groups excluding carboxylic acids is 2. The number of nitrogens with two attached hydrogens (primary N) is 1. The van der Waals surface area contributed by atoms with Crippen LogP contribution in [0.25, 0.3) is 0 Å². The van der Waals surface area contributed by atoms with Crippen LogP contribution in [0.5, 0.6) is 0 Å². The molecule has 2 amide bonds. The van der Waals surface area contributed by atoms with Crippen LogP contribution in [0.2, 0.25) is 0 Å². The predicted molar refractivity (Wildman–Crippen MR) is 79.5 cm³/mol. The van der Waals surface area contributed by atoms with Gasteiger partial charge in [0.2, 0.25) is 11.8 Å². The Bertz CT molecular complexity index is 544. The first-order valence-corrected chi connectivity index (χ1v) is 7.23. The lowest BCUT2D eigenvalue weighted by Crippen LogP contribution is -2.47. The third-order valence-electron chi connectivity index (χ3n) is 3.98. The first kappa shape index (κ1) is 15.3. The van der Waals surface area contributed by atoms with Crippen molar-refractivity contribution in [1.82, 2.24) is 20.0 Å². The lowest BCUT2D eigenvalue weighted by Gasteiger charge is -2.32. The van der Waals surface area contributed by atoms with Gasteiger partial charge in [0, 0.05) is 26.1 Å². The molecule has 7 heteroatoms. The van der Waals surface area contributed by atoms with Crippen molar-refractivity contribution >= 4 is 17.5 Å². The minimum atomic E-state index is -0.0158. The van der Waals surface area contributed by atoms with Crippen LogP contribution in [0.4, 0.5) is 5.69 Å². The van der Waals surface area contributed by atoms with Gasteiger partial charge in [0.25, 0.3) is 0 Å². The molecule has 1 aromatic heterocycles. The largest absolute Gasteiger partial charge is 0.396 e. The number of anilines is 1. The Kier molecular flexibility index (Phi) is 4.50. The highest BCUT2D eigenvalue weighted by molar-refractivity contribution is 5.76. The highest BCUT2D eigenvalue weighted by Crippen LogP contribution is 2.16. The number of hydrogen-bond acceptors (Lipinski definition) is 4. The quantitative estimate of drug-likeness (QED) is 0.833. The van der Waals surface area contributed by atoms with E-state index in [1.807, 2.05) is 18.7 Å². The summed E-state index contributed by atoms with van der Waals surface area (Å²) in [5.74, 6) is 0.0276. The van der Waals surface area contributed by atoms with E-state index < -0.39 is 0 Å². The molecular weight excluding hydrogens is 270 g/mol. The van der Waals surface area contributed by atoms with Gasteiger partial charge in [-0.3, -0.25) is 14.3 Å². The van der Waals surface area contributed by atoms with Crippen LogP contribution in [0, 0.1) is 13.8 Å². The molecule has 1 aliphatic rings. The second kappa shape index (κ2) is 6.15. The molecule has 116 valence electrons. The number of piperidine rings is 1. The maximum Gasteiger partial charge on any atom is 0.244 e. The molecular formula is C14H23N5O2. The van der Waals surface area contributed by atoms with Crippen molar-refractivity contribution in [2.75, 3.05) is 18.8 Å². The SMILES string of the molecule is CC(=O)NC1CCN(C(=O)Cn2nc(C)c(N)c2C)CC1. The standard InChI is InChI=1S/C14H23N5O2/c1-9-14(15)10(2)19(17-9)8-13(21)18-6-4-12(5-7-18)16-11(3)20/h12H,4-8,15H2,1-3H3,(H,16,20). The number of aromatic nitrogens is 2. The van der Waals surface area contributed by atoms with Crippen molar-refractivity contribution in [2.45, 2.75) is 46.2 Å². The lowest BCUT2D eigenvalue weighted by molar-refractivity contribution is -0.133. The fraction of sp³-hybridized carbons (Fsp3) is 0.643. The number of likely N-dealkylation sites (tertiary alicyclic amines) is 1. The molecule has 0 bridgehead atoms. The summed E-state index contributed by atoms with van der Waals surface area (Å²) in [7, 11) is 0. The van der Waals surface area contributed by atoms with E-state index in [1.54, 1.807) is 4.68 Å². The number of hydrogen-bond donors (Lipinski definition) is 2. The zero-order valence-corrected chi connectivity index (χ0v) is 12.8. The van der Waals surface area contributed by atoms with E-state index in [0.717, 1.165) is 24.2 Å². The molecule has 1 aromatic rings. The number of nitrogens with zero attached hydrogens (tertiary/aromatic N) is 3. The molecule has 0 spiro atoms. The number of carbonyl (C=O) groups is 2. The van der Waals surface area contributed by atoms with Gasteiger partial charge in [-0.15, -0.1) is 0 Å². The van der Waals surface area contributed by atoms with E-state index in [4.69, 9.17) is 5.73 Å². The van der Waals surface area contributed by atoms with Crippen molar-refractivity contribution in [3.8, 4) is 0 Å². The normalized spacial score (nSPS) is 16.0. The van der Waals surface area contributed by atoms with E-state index in [0.29, 0.717) is 18.8 Å². The average molecular weight is 293 g/mol. The Morgan fingerprint density at radius 3 is 2.43 bits per heavy atom. The highest BCUT2D eigenvalue weighted by atomic mass is 16.2. The summed E-state index contributed by atoms with van der Waals surface area (Å²) in [6.07, 6.45) is 1.59. The van der Waals surface area contributed by atoms with Crippen molar-refractivity contribution in [1.29, 1.82) is 0 Å². The van der Waals surface area contributed by atoms with Gasteiger partial charge in [0.1, 0.15) is 6.54 Å². The maximum absolute atomic E-state index is 12.3. The molecule has 2 rings (SSSR count). The molecule has 1 saturated heterocycles. The number of nitrogens with one attached hydrogen (secondary N) is 1. The summed E-state index contributed by atoms with van der Waals surface area (Å²) in [6, 6.07) is 0.177. The van der Waals surface area contributed by atoms with E-state index in [9.17, 15) is 9.59 Å². The molecule has 2 heterocycles. The molecule has 3 N–H and O–H groups in total. The lowest BCUT2D eigenvalue weighted by atomic mass is 10.1. The Hall–Kier alpha value is -2.05. The zero-order valence-electron chi connectivity index (χ0n) is 12.8. The molecule has 0 radical (unpaired) electrons. The summed E-state index contributed by atoms with van der Waals surface area (Å²) in [6.45, 7) is 6.77. The first-order valence-electron chi connectivity index (χ1n) is 7.23. The minimum absolute atomic E-state index is 0.0158. The van der Waals surface area contributed by atoms with Gasteiger partial charge in [-0.2, -0.15) is 5.10 Å². The zero-order chi connectivity index (χ0) is 15.6. The van der Waals surface area contributed by atoms with Gasteiger partial charge in [0.15, 0.2) is 0 Å². The minimum Gasteiger partial charge on any atom is -0.396 e. The molecule has 0 unspecified atom stereocenters. The summed E-state index contributed by atoms with van der Waals surface area (Å²) < 4.78 is 1.66. The van der Waals surface area contributed by atoms with Gasteiger partial charge in [-0.25, -0.2) is 0 Å². The molecule has 0 aromatic carbocycles. The summed E-state index contributed by atoms with van der Waals surface area (Å²) >= 11 is 0. The Morgan fingerprint density at radius 1 is 1.33 bits per heavy atom. The van der Waals surface area contributed by atoms with Gasteiger partial charge < -0.3 is 16.0 Å². The topological polar surface area (TPSA) is 93.2 Å². The van der Waals surface area contributed by atoms with Gasteiger partial charge in [0.05, 0.1) is 17.1 Å². The fourth-order valence-electron chi connectivity index (χ4n) is 2.65. The van der Waals surface area contributed by atoms with Gasteiger partial charge >= 0.3 is 0 Å². The van der Waals surface area contributed by atoms with E-state index >= 15 is 0 Å². The second-order valence-electron chi connectivity index (χ2n) is 5.60. The monoisotopic (exact) mass is 293 g/mol. The highest BCUT2D eigenvalue weighted by Gasteiger charge is 2.24. The first-order chi connectivity index (χ1) is 9.88. The van der Waals surface area contributed by atoms with Crippen LogP contribution < -0.4 is 11.1 Å². The van der Waals surface area contributed by atoms with Gasteiger partial charge in [-0.05, 0) is 26.7 Å². The van der Waals surface area contributed by atoms with Crippen LogP contribution in [-0.2, 0) is 16.1 Å². The second-order valence-corrected chi connectivity index (χ2v) is 5.60. The van der Waals surface area contributed by atoms with Crippen molar-refractivity contribution in [3.05, 3.63) is 11.4 Å². The number of amides is 2. The summed E-state index contributed by atoms with van der Waals surface area (Å²) in [5, 5.41) is 7.19. The maximum atomic E-state index is 12.3. The predicted octanol–water partition coefficient (Wildman–Crippen LogP) is 0.209. The molecule has 7 nitrogen and oxygen atoms in total. The van der Waals surface area contributed by atoms with Crippen LogP contribution in [0.3, 0.4) is 0 Å². The number of rotatable bonds is 3. The number of nitrogen functional groups attached to an aromatic ring is 1. The summed E-state index contributed by atoms with van der Waals surface area (Å²) in [5.41, 5.74) is 8.10.